The molecule has 1 saturated carbocycles. The number of aliphatic hydroxyl groups is 1. The quantitative estimate of drug-likeness (QED) is 0.435. The van der Waals surface area contributed by atoms with Crippen LogP contribution in [-0.4, -0.2) is 53.9 Å². The highest BCUT2D eigenvalue weighted by Gasteiger charge is 2.32. The Morgan fingerprint density at radius 1 is 1.29 bits per heavy atom. The van der Waals surface area contributed by atoms with Crippen molar-refractivity contribution in [1.29, 1.82) is 0 Å². The molecule has 3 aromatic heterocycles. The lowest BCUT2D eigenvalue weighted by molar-refractivity contribution is 0.0746. The molecule has 1 aliphatic rings. The number of imidazole rings is 1. The van der Waals surface area contributed by atoms with Crippen LogP contribution in [0.5, 0.6) is 0 Å². The van der Waals surface area contributed by atoms with Crippen molar-refractivity contribution in [3.05, 3.63) is 40.8 Å². The summed E-state index contributed by atoms with van der Waals surface area (Å²) in [6.07, 6.45) is 2.93. The molecule has 0 radical (unpaired) electrons. The molecule has 3 N–H and O–H groups in total. The van der Waals surface area contributed by atoms with Crippen molar-refractivity contribution in [2.45, 2.75) is 31.5 Å². The number of H-pyrrole nitrogens is 1. The molecule has 0 atom stereocenters. The number of fused-ring (bicyclic) bond motifs is 2. The van der Waals surface area contributed by atoms with E-state index in [0.717, 1.165) is 34.2 Å². The van der Waals surface area contributed by atoms with E-state index < -0.39 is 0 Å². The normalized spacial score (nSPS) is 19.1. The van der Waals surface area contributed by atoms with E-state index in [1.165, 1.54) is 0 Å². The number of aromatic amines is 1. The molecule has 4 aromatic rings. The molecule has 1 fully saturated rings. The van der Waals surface area contributed by atoms with Gasteiger partial charge in [0.2, 0.25) is 11.9 Å². The number of hydrogen-bond donors (Lipinski definition) is 3. The van der Waals surface area contributed by atoms with Crippen LogP contribution in [0.15, 0.2) is 34.9 Å². The van der Waals surface area contributed by atoms with E-state index in [1.54, 1.807) is 10.7 Å². The zero-order valence-corrected chi connectivity index (χ0v) is 16.8. The van der Waals surface area contributed by atoms with Crippen molar-refractivity contribution >= 4 is 44.5 Å². The van der Waals surface area contributed by atoms with Crippen LogP contribution in [0, 0.1) is 0 Å². The second-order valence-electron chi connectivity index (χ2n) is 7.02. The second kappa shape index (κ2) is 6.71. The number of aliphatic hydroxyl groups excluding tert-OH is 1. The van der Waals surface area contributed by atoms with Crippen LogP contribution >= 0.6 is 15.9 Å². The Morgan fingerprint density at radius 3 is 2.89 bits per heavy atom. The van der Waals surface area contributed by atoms with E-state index in [4.69, 9.17) is 0 Å². The lowest BCUT2D eigenvalue weighted by atomic mass is 9.88. The summed E-state index contributed by atoms with van der Waals surface area (Å²) in [4.78, 5) is 19.2. The highest BCUT2D eigenvalue weighted by molar-refractivity contribution is 9.10. The molecule has 144 valence electrons. The summed E-state index contributed by atoms with van der Waals surface area (Å²) in [6.45, 7) is 0.476. The summed E-state index contributed by atoms with van der Waals surface area (Å²) in [5.41, 5.74) is 2.61. The van der Waals surface area contributed by atoms with E-state index in [-0.39, 0.29) is 12.1 Å². The van der Waals surface area contributed by atoms with Gasteiger partial charge in [-0.25, -0.2) is 4.98 Å². The molecule has 28 heavy (non-hydrogen) atoms. The fourth-order valence-electron chi connectivity index (χ4n) is 3.40. The van der Waals surface area contributed by atoms with Crippen molar-refractivity contribution in [2.24, 2.45) is 0 Å². The summed E-state index contributed by atoms with van der Waals surface area (Å²) < 4.78 is 2.46. The largest absolute Gasteiger partial charge is 0.393 e. The first-order chi connectivity index (χ1) is 13.6. The number of nitrogens with one attached hydrogen (secondary N) is 2. The van der Waals surface area contributed by atoms with Gasteiger partial charge in [0.15, 0.2) is 5.65 Å². The van der Waals surface area contributed by atoms with E-state index in [0.29, 0.717) is 24.1 Å². The summed E-state index contributed by atoms with van der Waals surface area (Å²) in [6, 6.07) is 8.16. The Balaban J connectivity index is 1.45. The van der Waals surface area contributed by atoms with Gasteiger partial charge in [-0.15, -0.1) is 0 Å². The van der Waals surface area contributed by atoms with E-state index in [2.05, 4.69) is 46.3 Å². The van der Waals surface area contributed by atoms with Gasteiger partial charge in [0, 0.05) is 13.1 Å². The lowest BCUT2D eigenvalue weighted by Gasteiger charge is -2.38. The van der Waals surface area contributed by atoms with Gasteiger partial charge in [-0.2, -0.15) is 19.6 Å². The maximum absolute atomic E-state index is 9.61. The molecule has 10 heteroatoms. The van der Waals surface area contributed by atoms with E-state index >= 15 is 0 Å². The van der Waals surface area contributed by atoms with E-state index in [1.807, 2.05) is 36.2 Å². The molecule has 1 aliphatic carbocycles. The van der Waals surface area contributed by atoms with Gasteiger partial charge in [-0.1, -0.05) is 12.1 Å². The Morgan fingerprint density at radius 2 is 2.11 bits per heavy atom. The zero-order chi connectivity index (χ0) is 19.3. The third kappa shape index (κ3) is 2.98. The Hall–Kier alpha value is -2.72. The summed E-state index contributed by atoms with van der Waals surface area (Å²) in [7, 11) is 1.95. The first-order valence-corrected chi connectivity index (χ1v) is 9.87. The third-order valence-electron chi connectivity index (χ3n) is 5.12. The minimum Gasteiger partial charge on any atom is -0.393 e. The summed E-state index contributed by atoms with van der Waals surface area (Å²) in [5, 5.41) is 17.3. The Bertz CT molecular complexity index is 1120. The van der Waals surface area contributed by atoms with Gasteiger partial charge in [-0.05, 0) is 40.9 Å². The van der Waals surface area contributed by atoms with Crippen molar-refractivity contribution in [3.63, 3.8) is 0 Å². The molecule has 0 unspecified atom stereocenters. The number of para-hydroxylation sites is 2. The Kier molecular flexibility index (Phi) is 4.17. The molecule has 0 saturated heterocycles. The van der Waals surface area contributed by atoms with Crippen molar-refractivity contribution in [1.82, 2.24) is 29.5 Å². The fraction of sp³-hybridized carbons (Fsp3) is 0.333. The number of rotatable bonds is 5. The van der Waals surface area contributed by atoms with Gasteiger partial charge < -0.3 is 20.3 Å². The number of aromatic nitrogens is 6. The first-order valence-electron chi connectivity index (χ1n) is 9.08. The highest BCUT2D eigenvalue weighted by Crippen LogP contribution is 2.29. The average molecular weight is 443 g/mol. The number of halogens is 1. The van der Waals surface area contributed by atoms with Crippen LogP contribution < -0.4 is 10.2 Å². The number of benzene rings is 1. The predicted octanol–water partition coefficient (Wildman–Crippen LogP) is 2.33. The SMILES string of the molecule is CN(c1nc(NCc2nc3ccccc3[nH]2)n2ncc(Br)c2n1)[C@H]1C[C@H](O)C1. The first kappa shape index (κ1) is 17.4. The van der Waals surface area contributed by atoms with Crippen molar-refractivity contribution in [2.75, 3.05) is 17.3 Å². The molecular weight excluding hydrogens is 424 g/mol. The topological polar surface area (TPSA) is 107 Å². The second-order valence-corrected chi connectivity index (χ2v) is 7.87. The van der Waals surface area contributed by atoms with Crippen LogP contribution in [-0.2, 0) is 6.54 Å². The smallest absolute Gasteiger partial charge is 0.230 e. The van der Waals surface area contributed by atoms with Gasteiger partial charge in [0.25, 0.3) is 0 Å². The van der Waals surface area contributed by atoms with Gasteiger partial charge in [0.05, 0.1) is 34.4 Å². The number of hydrogen-bond acceptors (Lipinski definition) is 7. The summed E-state index contributed by atoms with van der Waals surface area (Å²) in [5.74, 6) is 1.99. The van der Waals surface area contributed by atoms with Gasteiger partial charge >= 0.3 is 0 Å². The lowest BCUT2D eigenvalue weighted by Crippen LogP contribution is -2.46. The van der Waals surface area contributed by atoms with Crippen LogP contribution in [0.2, 0.25) is 0 Å². The maximum atomic E-state index is 9.61. The van der Waals surface area contributed by atoms with E-state index in [9.17, 15) is 5.11 Å². The Labute approximate surface area is 168 Å². The highest BCUT2D eigenvalue weighted by atomic mass is 79.9. The standard InChI is InChI=1S/C18H19BrN8O/c1-26(10-6-11(28)7-10)18-24-16-12(19)8-21-27(16)17(25-18)20-9-15-22-13-4-2-3-5-14(13)23-15/h2-5,8,10-11,28H,6-7,9H2,1H3,(H,22,23)(H,20,24,25)/t10-,11-. The molecular formula is C18H19BrN8O. The molecule has 3 heterocycles. The van der Waals surface area contributed by atoms with Gasteiger partial charge in [-0.3, -0.25) is 0 Å². The molecule has 1 aromatic carbocycles. The van der Waals surface area contributed by atoms with Crippen molar-refractivity contribution in [3.8, 4) is 0 Å². The minimum absolute atomic E-state index is 0.233. The molecule has 0 amide bonds. The molecule has 0 aliphatic heterocycles. The monoisotopic (exact) mass is 442 g/mol. The number of anilines is 2. The summed E-state index contributed by atoms with van der Waals surface area (Å²) >= 11 is 3.50. The van der Waals surface area contributed by atoms with Crippen LogP contribution in [0.1, 0.15) is 18.7 Å². The molecule has 9 nitrogen and oxygen atoms in total. The maximum Gasteiger partial charge on any atom is 0.230 e. The molecule has 0 spiro atoms. The predicted molar refractivity (Wildman–Crippen MR) is 109 cm³/mol. The average Bonchev–Trinajstić information content (AvgIpc) is 3.26. The fourth-order valence-corrected chi connectivity index (χ4v) is 3.75. The van der Waals surface area contributed by atoms with Crippen LogP contribution in [0.3, 0.4) is 0 Å². The molecule has 0 bridgehead atoms. The van der Waals surface area contributed by atoms with Crippen LogP contribution in [0.25, 0.3) is 16.7 Å². The zero-order valence-electron chi connectivity index (χ0n) is 15.2. The number of nitrogens with zero attached hydrogens (tertiary/aromatic N) is 6. The minimum atomic E-state index is -0.233. The van der Waals surface area contributed by atoms with Crippen LogP contribution in [0.4, 0.5) is 11.9 Å². The van der Waals surface area contributed by atoms with Crippen molar-refractivity contribution < 1.29 is 5.11 Å². The third-order valence-corrected chi connectivity index (χ3v) is 5.68. The van der Waals surface area contributed by atoms with Gasteiger partial charge in [0.1, 0.15) is 5.82 Å². The molecule has 5 rings (SSSR count).